The van der Waals surface area contributed by atoms with Gasteiger partial charge in [-0.1, -0.05) is 42.5 Å². The second-order valence-corrected chi connectivity index (χ2v) is 7.89. The molecule has 156 valence electrons. The van der Waals surface area contributed by atoms with Crippen molar-refractivity contribution >= 4 is 11.6 Å². The Labute approximate surface area is 175 Å². The molecule has 1 aromatic heterocycles. The predicted molar refractivity (Wildman–Crippen MR) is 115 cm³/mol. The first-order chi connectivity index (χ1) is 14.6. The van der Waals surface area contributed by atoms with Crippen molar-refractivity contribution in [1.82, 2.24) is 20.5 Å². The molecule has 1 aliphatic heterocycles. The Kier molecular flexibility index (Phi) is 6.21. The van der Waals surface area contributed by atoms with Gasteiger partial charge in [-0.3, -0.25) is 4.79 Å². The van der Waals surface area contributed by atoms with E-state index in [2.05, 4.69) is 25.8 Å². The Morgan fingerprint density at radius 2 is 1.93 bits per heavy atom. The maximum absolute atomic E-state index is 12.4. The maximum atomic E-state index is 12.4. The standard InChI is InChI=1S/C23H27N5O2/c1-15(22-24-14-25-28-22)23(30)27-18-9-7-16(8-10-18)13-19-11-12-20(26-19)21(29)17-5-3-2-4-6-17/h2-10,14-15,19-21,26,29H,11-13H2,1H3,(H,27,30)(H,24,25,28)/t15?,19-,20+,21+/m0/s1. The van der Waals surface area contributed by atoms with Gasteiger partial charge in [-0.25, -0.2) is 0 Å². The third-order valence-corrected chi connectivity index (χ3v) is 5.74. The van der Waals surface area contributed by atoms with Crippen molar-refractivity contribution in [3.63, 3.8) is 0 Å². The van der Waals surface area contributed by atoms with Crippen LogP contribution in [-0.4, -0.2) is 38.3 Å². The number of benzene rings is 2. The molecule has 4 rings (SSSR count). The highest BCUT2D eigenvalue weighted by Crippen LogP contribution is 2.27. The molecule has 30 heavy (non-hydrogen) atoms. The van der Waals surface area contributed by atoms with Gasteiger partial charge in [0.15, 0.2) is 0 Å². The monoisotopic (exact) mass is 405 g/mol. The highest BCUT2D eigenvalue weighted by molar-refractivity contribution is 5.95. The van der Waals surface area contributed by atoms with Crippen LogP contribution in [0.3, 0.4) is 0 Å². The van der Waals surface area contributed by atoms with Crippen LogP contribution in [0.4, 0.5) is 5.69 Å². The van der Waals surface area contributed by atoms with Crippen molar-refractivity contribution < 1.29 is 9.90 Å². The molecule has 2 heterocycles. The Balaban J connectivity index is 1.29. The van der Waals surface area contributed by atoms with E-state index in [4.69, 9.17) is 0 Å². The lowest BCUT2D eigenvalue weighted by atomic mass is 10.0. The summed E-state index contributed by atoms with van der Waals surface area (Å²) in [6.45, 7) is 1.79. The predicted octanol–water partition coefficient (Wildman–Crippen LogP) is 2.94. The summed E-state index contributed by atoms with van der Waals surface area (Å²) < 4.78 is 0. The highest BCUT2D eigenvalue weighted by atomic mass is 16.3. The number of H-pyrrole nitrogens is 1. The van der Waals surface area contributed by atoms with Crippen molar-refractivity contribution in [2.24, 2.45) is 0 Å². The van der Waals surface area contributed by atoms with Crippen LogP contribution >= 0.6 is 0 Å². The largest absolute Gasteiger partial charge is 0.387 e. The topological polar surface area (TPSA) is 103 Å². The molecular formula is C23H27N5O2. The average molecular weight is 406 g/mol. The van der Waals surface area contributed by atoms with Crippen LogP contribution in [0.15, 0.2) is 60.9 Å². The van der Waals surface area contributed by atoms with E-state index < -0.39 is 12.0 Å². The number of nitrogens with zero attached hydrogens (tertiary/aromatic N) is 2. The number of rotatable bonds is 7. The zero-order valence-corrected chi connectivity index (χ0v) is 17.0. The number of aromatic amines is 1. The molecule has 1 amide bonds. The summed E-state index contributed by atoms with van der Waals surface area (Å²) in [6.07, 6.45) is 3.85. The summed E-state index contributed by atoms with van der Waals surface area (Å²) in [5.41, 5.74) is 2.91. The van der Waals surface area contributed by atoms with Crippen molar-refractivity contribution in [2.75, 3.05) is 5.32 Å². The van der Waals surface area contributed by atoms with Gasteiger partial charge in [-0.2, -0.15) is 0 Å². The smallest absolute Gasteiger partial charge is 0.234 e. The second kappa shape index (κ2) is 9.19. The molecule has 1 saturated heterocycles. The van der Waals surface area contributed by atoms with Gasteiger partial charge >= 0.3 is 0 Å². The van der Waals surface area contributed by atoms with Gasteiger partial charge in [0, 0.05) is 17.8 Å². The van der Waals surface area contributed by atoms with Crippen molar-refractivity contribution in [2.45, 2.75) is 50.3 Å². The average Bonchev–Trinajstić information content (AvgIpc) is 3.47. The lowest BCUT2D eigenvalue weighted by Crippen LogP contribution is -2.35. The molecule has 3 aromatic rings. The van der Waals surface area contributed by atoms with Crippen molar-refractivity contribution in [1.29, 1.82) is 0 Å². The lowest BCUT2D eigenvalue weighted by Gasteiger charge is -2.20. The fourth-order valence-corrected chi connectivity index (χ4v) is 3.95. The van der Waals surface area contributed by atoms with E-state index in [1.807, 2.05) is 54.6 Å². The Hall–Kier alpha value is -3.03. The number of aliphatic hydroxyl groups excluding tert-OH is 1. The summed E-state index contributed by atoms with van der Waals surface area (Å²) in [5, 5.41) is 24.7. The Morgan fingerprint density at radius 1 is 1.17 bits per heavy atom. The second-order valence-electron chi connectivity index (χ2n) is 7.89. The van der Waals surface area contributed by atoms with E-state index in [1.54, 1.807) is 6.92 Å². The zero-order valence-electron chi connectivity index (χ0n) is 17.0. The number of anilines is 1. The van der Waals surface area contributed by atoms with Gasteiger partial charge in [0.05, 0.1) is 12.0 Å². The van der Waals surface area contributed by atoms with Crippen LogP contribution in [0.5, 0.6) is 0 Å². The Bertz CT molecular complexity index is 943. The van der Waals surface area contributed by atoms with E-state index in [9.17, 15) is 9.90 Å². The van der Waals surface area contributed by atoms with Crippen LogP contribution in [0, 0.1) is 0 Å². The minimum absolute atomic E-state index is 0.0774. The molecule has 4 N–H and O–H groups in total. The number of hydrogen-bond donors (Lipinski definition) is 4. The molecular weight excluding hydrogens is 378 g/mol. The van der Waals surface area contributed by atoms with E-state index in [-0.39, 0.29) is 11.9 Å². The lowest BCUT2D eigenvalue weighted by molar-refractivity contribution is -0.117. The van der Waals surface area contributed by atoms with Gasteiger partial charge in [0.2, 0.25) is 5.91 Å². The van der Waals surface area contributed by atoms with Crippen LogP contribution in [0.1, 0.15) is 48.7 Å². The summed E-state index contributed by atoms with van der Waals surface area (Å²) >= 11 is 0. The molecule has 0 spiro atoms. The van der Waals surface area contributed by atoms with Gasteiger partial charge in [0.1, 0.15) is 12.2 Å². The van der Waals surface area contributed by atoms with Gasteiger partial charge in [-0.15, -0.1) is 10.2 Å². The first-order valence-electron chi connectivity index (χ1n) is 10.3. The first kappa shape index (κ1) is 20.3. The third kappa shape index (κ3) is 4.75. The fraction of sp³-hybridized carbons (Fsp3) is 0.348. The van der Waals surface area contributed by atoms with Crippen LogP contribution < -0.4 is 10.6 Å². The molecule has 4 atom stereocenters. The number of aliphatic hydroxyl groups is 1. The van der Waals surface area contributed by atoms with Gasteiger partial charge < -0.3 is 20.7 Å². The van der Waals surface area contributed by atoms with E-state index >= 15 is 0 Å². The fourth-order valence-electron chi connectivity index (χ4n) is 3.95. The molecule has 7 nitrogen and oxygen atoms in total. The molecule has 2 aromatic carbocycles. The number of amides is 1. The van der Waals surface area contributed by atoms with E-state index in [0.717, 1.165) is 30.5 Å². The third-order valence-electron chi connectivity index (χ3n) is 5.74. The quantitative estimate of drug-likeness (QED) is 0.484. The number of carbonyl (C=O) groups is 1. The summed E-state index contributed by atoms with van der Waals surface area (Å²) in [5.74, 6) is 0.0150. The zero-order chi connectivity index (χ0) is 20.9. The molecule has 0 radical (unpaired) electrons. The number of hydrogen-bond acceptors (Lipinski definition) is 5. The maximum Gasteiger partial charge on any atom is 0.234 e. The molecule has 7 heteroatoms. The molecule has 1 unspecified atom stereocenters. The van der Waals surface area contributed by atoms with Gasteiger partial charge in [0.25, 0.3) is 0 Å². The SMILES string of the molecule is CC(C(=O)Nc1ccc(C[C@@H]2CC[C@H]([C@H](O)c3ccccc3)N2)cc1)c1nnc[nH]1. The molecule has 0 aliphatic carbocycles. The van der Waals surface area contributed by atoms with Gasteiger partial charge in [-0.05, 0) is 49.4 Å². The molecule has 0 bridgehead atoms. The summed E-state index contributed by atoms with van der Waals surface area (Å²) in [7, 11) is 0. The Morgan fingerprint density at radius 3 is 2.63 bits per heavy atom. The highest BCUT2D eigenvalue weighted by Gasteiger charge is 2.29. The van der Waals surface area contributed by atoms with Crippen LogP contribution in [-0.2, 0) is 11.2 Å². The van der Waals surface area contributed by atoms with Crippen LogP contribution in [0.2, 0.25) is 0 Å². The minimum atomic E-state index is -0.486. The molecule has 1 fully saturated rings. The minimum Gasteiger partial charge on any atom is -0.387 e. The van der Waals surface area contributed by atoms with E-state index in [0.29, 0.717) is 11.9 Å². The van der Waals surface area contributed by atoms with Crippen LogP contribution in [0.25, 0.3) is 0 Å². The molecule has 1 aliphatic rings. The number of carbonyl (C=O) groups excluding carboxylic acids is 1. The first-order valence-corrected chi connectivity index (χ1v) is 10.3. The van der Waals surface area contributed by atoms with Crippen molar-refractivity contribution in [3.05, 3.63) is 77.9 Å². The number of nitrogens with one attached hydrogen (secondary N) is 3. The number of aromatic nitrogens is 3. The molecule has 0 saturated carbocycles. The summed E-state index contributed by atoms with van der Waals surface area (Å²) in [6, 6.07) is 18.1. The summed E-state index contributed by atoms with van der Waals surface area (Å²) in [4.78, 5) is 15.2. The van der Waals surface area contributed by atoms with E-state index in [1.165, 1.54) is 11.9 Å². The van der Waals surface area contributed by atoms with Crippen molar-refractivity contribution in [3.8, 4) is 0 Å². The normalized spacial score (nSPS) is 20.6.